The molecule has 1 N–H and O–H groups in total. The topological polar surface area (TPSA) is 71.3 Å². The number of para-hydroxylation sites is 1. The van der Waals surface area contributed by atoms with Gasteiger partial charge in [-0.3, -0.25) is 4.79 Å². The lowest BCUT2D eigenvalue weighted by molar-refractivity contribution is 0.0950. The minimum absolute atomic E-state index is 0.206. The van der Waals surface area contributed by atoms with Gasteiger partial charge in [-0.15, -0.1) is 11.3 Å². The van der Waals surface area contributed by atoms with Gasteiger partial charge < -0.3 is 14.6 Å². The molecule has 28 heavy (non-hydrogen) atoms. The molecule has 3 aromatic heterocycles. The zero-order chi connectivity index (χ0) is 19.3. The van der Waals surface area contributed by atoms with Gasteiger partial charge in [0.25, 0.3) is 5.91 Å². The normalized spacial score (nSPS) is 10.6. The Balaban J connectivity index is 1.37. The first-order valence-electron chi connectivity index (χ1n) is 8.72. The van der Waals surface area contributed by atoms with Gasteiger partial charge in [0, 0.05) is 18.9 Å². The number of carbonyl (C=O) groups excluding carboxylic acids is 1. The maximum atomic E-state index is 12.4. The molecule has 6 nitrogen and oxygen atoms in total. The molecule has 0 fully saturated rings. The highest BCUT2D eigenvalue weighted by atomic mass is 32.1. The lowest BCUT2D eigenvalue weighted by atomic mass is 10.2. The number of hydrogen-bond donors (Lipinski definition) is 1. The number of oxazole rings is 1. The van der Waals surface area contributed by atoms with Crippen LogP contribution in [0.15, 0.2) is 76.9 Å². The third-order valence-electron chi connectivity index (χ3n) is 4.21. The molecule has 0 atom stereocenters. The van der Waals surface area contributed by atoms with Crippen molar-refractivity contribution in [2.75, 3.05) is 11.9 Å². The fourth-order valence-corrected chi connectivity index (χ4v) is 3.33. The first-order valence-corrected chi connectivity index (χ1v) is 9.60. The molecule has 0 spiro atoms. The van der Waals surface area contributed by atoms with E-state index in [0.29, 0.717) is 23.7 Å². The first kappa shape index (κ1) is 17.9. The van der Waals surface area contributed by atoms with Crippen LogP contribution >= 0.6 is 11.3 Å². The second kappa shape index (κ2) is 8.06. The fourth-order valence-electron chi connectivity index (χ4n) is 2.68. The summed E-state index contributed by atoms with van der Waals surface area (Å²) in [7, 11) is 1.94. The van der Waals surface area contributed by atoms with Gasteiger partial charge in [0.05, 0.1) is 22.7 Å². The van der Waals surface area contributed by atoms with Crippen molar-refractivity contribution in [3.05, 3.63) is 83.7 Å². The number of pyridine rings is 1. The van der Waals surface area contributed by atoms with Gasteiger partial charge in [-0.25, -0.2) is 9.97 Å². The molecule has 0 aliphatic carbocycles. The van der Waals surface area contributed by atoms with Crippen LogP contribution in [0.2, 0.25) is 0 Å². The number of amides is 1. The number of nitrogens with zero attached hydrogens (tertiary/aromatic N) is 3. The van der Waals surface area contributed by atoms with Gasteiger partial charge in [0.2, 0.25) is 5.89 Å². The second-order valence-electron chi connectivity index (χ2n) is 6.10. The van der Waals surface area contributed by atoms with E-state index in [0.717, 1.165) is 16.4 Å². The van der Waals surface area contributed by atoms with Crippen molar-refractivity contribution >= 4 is 28.7 Å². The van der Waals surface area contributed by atoms with Crippen LogP contribution in [0.1, 0.15) is 16.1 Å². The van der Waals surface area contributed by atoms with Crippen LogP contribution in [0.25, 0.3) is 10.8 Å². The lowest BCUT2D eigenvalue weighted by Gasteiger charge is -2.18. The molecule has 140 valence electrons. The molecular formula is C21H18N4O2S. The van der Waals surface area contributed by atoms with Crippen molar-refractivity contribution in [3.8, 4) is 10.8 Å². The van der Waals surface area contributed by atoms with Crippen LogP contribution in [-0.2, 0) is 6.54 Å². The number of benzene rings is 1. The number of anilines is 2. The third-order valence-corrected chi connectivity index (χ3v) is 5.07. The number of thiophene rings is 1. The predicted octanol–water partition coefficient (Wildman–Crippen LogP) is 4.50. The molecule has 0 bridgehead atoms. The zero-order valence-corrected chi connectivity index (χ0v) is 16.0. The van der Waals surface area contributed by atoms with E-state index in [-0.39, 0.29) is 5.91 Å². The summed E-state index contributed by atoms with van der Waals surface area (Å²) in [6.07, 6.45) is 3.13. The number of hydrogen-bond acceptors (Lipinski definition) is 6. The number of rotatable bonds is 6. The number of carbonyl (C=O) groups is 1. The maximum absolute atomic E-state index is 12.4. The largest absolute Gasteiger partial charge is 0.443 e. The quantitative estimate of drug-likeness (QED) is 0.525. The monoisotopic (exact) mass is 390 g/mol. The van der Waals surface area contributed by atoms with Gasteiger partial charge in [-0.2, -0.15) is 0 Å². The Morgan fingerprint density at radius 2 is 2.00 bits per heavy atom. The molecule has 3 heterocycles. The van der Waals surface area contributed by atoms with Gasteiger partial charge in [0.1, 0.15) is 12.1 Å². The van der Waals surface area contributed by atoms with E-state index in [1.807, 2.05) is 65.9 Å². The van der Waals surface area contributed by atoms with E-state index in [2.05, 4.69) is 15.3 Å². The molecular weight excluding hydrogens is 372 g/mol. The van der Waals surface area contributed by atoms with E-state index >= 15 is 0 Å². The van der Waals surface area contributed by atoms with Crippen LogP contribution in [0.3, 0.4) is 0 Å². The van der Waals surface area contributed by atoms with E-state index < -0.39 is 0 Å². The highest BCUT2D eigenvalue weighted by molar-refractivity contribution is 7.13. The van der Waals surface area contributed by atoms with Crippen LogP contribution in [-0.4, -0.2) is 22.9 Å². The van der Waals surface area contributed by atoms with Crippen molar-refractivity contribution in [2.45, 2.75) is 6.54 Å². The molecule has 4 aromatic rings. The van der Waals surface area contributed by atoms with Crippen molar-refractivity contribution < 1.29 is 9.21 Å². The predicted molar refractivity (Wildman–Crippen MR) is 110 cm³/mol. The van der Waals surface area contributed by atoms with Gasteiger partial charge >= 0.3 is 0 Å². The third kappa shape index (κ3) is 3.94. The SMILES string of the molecule is CN(c1ccccc1)c1ccc(C(=O)NCc2coc(-c3cccs3)n2)cn1. The molecule has 0 radical (unpaired) electrons. The average molecular weight is 390 g/mol. The van der Waals surface area contributed by atoms with Gasteiger partial charge in [-0.1, -0.05) is 24.3 Å². The van der Waals surface area contributed by atoms with Crippen LogP contribution in [0.5, 0.6) is 0 Å². The summed E-state index contributed by atoms with van der Waals surface area (Å²) in [5.74, 6) is 1.12. The Morgan fingerprint density at radius 3 is 2.71 bits per heavy atom. The van der Waals surface area contributed by atoms with E-state index in [4.69, 9.17) is 4.42 Å². The highest BCUT2D eigenvalue weighted by Crippen LogP contribution is 2.24. The fraction of sp³-hybridized carbons (Fsp3) is 0.0952. The van der Waals surface area contributed by atoms with Crippen molar-refractivity contribution in [1.29, 1.82) is 0 Å². The summed E-state index contributed by atoms with van der Waals surface area (Å²) in [5, 5.41) is 4.81. The summed E-state index contributed by atoms with van der Waals surface area (Å²) in [6, 6.07) is 17.4. The van der Waals surface area contributed by atoms with Crippen LogP contribution < -0.4 is 10.2 Å². The van der Waals surface area contributed by atoms with Crippen LogP contribution in [0.4, 0.5) is 11.5 Å². The highest BCUT2D eigenvalue weighted by Gasteiger charge is 2.11. The van der Waals surface area contributed by atoms with Gasteiger partial charge in [-0.05, 0) is 35.7 Å². The summed E-state index contributed by atoms with van der Waals surface area (Å²) in [6.45, 7) is 0.291. The van der Waals surface area contributed by atoms with Crippen molar-refractivity contribution in [1.82, 2.24) is 15.3 Å². The minimum Gasteiger partial charge on any atom is -0.443 e. The summed E-state index contributed by atoms with van der Waals surface area (Å²) in [4.78, 5) is 24.1. The molecule has 4 rings (SSSR count). The zero-order valence-electron chi connectivity index (χ0n) is 15.2. The number of aromatic nitrogens is 2. The van der Waals surface area contributed by atoms with E-state index in [1.165, 1.54) is 0 Å². The molecule has 7 heteroatoms. The summed E-state index contributed by atoms with van der Waals surface area (Å²) in [5.41, 5.74) is 2.19. The molecule has 0 aliphatic rings. The Bertz CT molecular complexity index is 1040. The average Bonchev–Trinajstić information content (AvgIpc) is 3.44. The Kier molecular flexibility index (Phi) is 5.16. The standard InChI is InChI=1S/C21H18N4O2S/c1-25(17-6-3-2-4-7-17)19-10-9-15(12-22-19)20(26)23-13-16-14-27-21(24-16)18-8-5-11-28-18/h2-12,14H,13H2,1H3,(H,23,26). The lowest BCUT2D eigenvalue weighted by Crippen LogP contribution is -2.23. The minimum atomic E-state index is -0.206. The Labute approximate surface area is 166 Å². The summed E-state index contributed by atoms with van der Waals surface area (Å²) < 4.78 is 5.46. The van der Waals surface area contributed by atoms with E-state index in [9.17, 15) is 4.79 Å². The molecule has 1 aromatic carbocycles. The van der Waals surface area contributed by atoms with Crippen LogP contribution in [0, 0.1) is 0 Å². The van der Waals surface area contributed by atoms with E-state index in [1.54, 1.807) is 29.9 Å². The Hall–Kier alpha value is -3.45. The molecule has 0 unspecified atom stereocenters. The smallest absolute Gasteiger partial charge is 0.253 e. The molecule has 1 amide bonds. The van der Waals surface area contributed by atoms with Crippen molar-refractivity contribution in [3.63, 3.8) is 0 Å². The molecule has 0 saturated carbocycles. The first-order chi connectivity index (χ1) is 13.7. The van der Waals surface area contributed by atoms with Gasteiger partial charge in [0.15, 0.2) is 0 Å². The summed E-state index contributed by atoms with van der Waals surface area (Å²) >= 11 is 1.56. The Morgan fingerprint density at radius 1 is 1.14 bits per heavy atom. The van der Waals surface area contributed by atoms with Crippen molar-refractivity contribution in [2.24, 2.45) is 0 Å². The second-order valence-corrected chi connectivity index (χ2v) is 7.05. The molecule has 0 aliphatic heterocycles. The number of nitrogens with one attached hydrogen (secondary N) is 1. The maximum Gasteiger partial charge on any atom is 0.253 e. The molecule has 0 saturated heterocycles.